The second-order valence-corrected chi connectivity index (χ2v) is 5.39. The van der Waals surface area contributed by atoms with Crippen LogP contribution in [-0.4, -0.2) is 16.9 Å². The number of rotatable bonds is 3. The lowest BCUT2D eigenvalue weighted by Crippen LogP contribution is -2.48. The fourth-order valence-corrected chi connectivity index (χ4v) is 2.66. The molecular weight excluding hydrogens is 262 g/mol. The summed E-state index contributed by atoms with van der Waals surface area (Å²) in [6.45, 7) is 2.70. The van der Waals surface area contributed by atoms with Gasteiger partial charge in [-0.2, -0.15) is 0 Å². The van der Waals surface area contributed by atoms with E-state index in [1.54, 1.807) is 6.20 Å². The molecule has 0 radical (unpaired) electrons. The Morgan fingerprint density at radius 1 is 1.24 bits per heavy atom. The third-order valence-electron chi connectivity index (χ3n) is 3.89. The molecule has 0 fully saturated rings. The zero-order valence-electron chi connectivity index (χ0n) is 12.0. The molecule has 2 N–H and O–H groups in total. The molecule has 2 atom stereocenters. The lowest BCUT2D eigenvalue weighted by molar-refractivity contribution is -0.124. The van der Waals surface area contributed by atoms with Gasteiger partial charge < -0.3 is 10.6 Å². The Bertz CT molecular complexity index is 627. The molecule has 4 heteroatoms. The Balaban J connectivity index is 1.65. The zero-order chi connectivity index (χ0) is 14.7. The summed E-state index contributed by atoms with van der Waals surface area (Å²) in [4.78, 5) is 16.7. The fourth-order valence-electron chi connectivity index (χ4n) is 2.66. The van der Waals surface area contributed by atoms with Crippen molar-refractivity contribution in [3.63, 3.8) is 0 Å². The molecule has 0 saturated carbocycles. The van der Waals surface area contributed by atoms with Crippen molar-refractivity contribution in [3.8, 4) is 0 Å². The summed E-state index contributed by atoms with van der Waals surface area (Å²) < 4.78 is 0. The van der Waals surface area contributed by atoms with Gasteiger partial charge in [0.15, 0.2) is 0 Å². The summed E-state index contributed by atoms with van der Waals surface area (Å²) in [6.07, 6.45) is 2.48. The Kier molecular flexibility index (Phi) is 3.97. The molecule has 0 spiro atoms. The molecule has 3 rings (SSSR count). The second-order valence-electron chi connectivity index (χ2n) is 5.39. The van der Waals surface area contributed by atoms with E-state index in [-0.39, 0.29) is 18.0 Å². The largest absolute Gasteiger partial charge is 0.347 e. The molecule has 108 valence electrons. The number of hydrogen-bond acceptors (Lipinski definition) is 3. The summed E-state index contributed by atoms with van der Waals surface area (Å²) in [7, 11) is 0. The number of hydrogen-bond donors (Lipinski definition) is 2. The van der Waals surface area contributed by atoms with Crippen molar-refractivity contribution < 1.29 is 4.79 Å². The van der Waals surface area contributed by atoms with Gasteiger partial charge in [0.1, 0.15) is 0 Å². The van der Waals surface area contributed by atoms with Crippen LogP contribution in [-0.2, 0) is 17.8 Å². The minimum absolute atomic E-state index is 0.0302. The molecule has 0 aliphatic carbocycles. The van der Waals surface area contributed by atoms with Gasteiger partial charge in [0.05, 0.1) is 17.8 Å². The van der Waals surface area contributed by atoms with E-state index in [0.29, 0.717) is 0 Å². The monoisotopic (exact) mass is 281 g/mol. The van der Waals surface area contributed by atoms with Crippen molar-refractivity contribution in [2.45, 2.75) is 32.0 Å². The SMILES string of the molecule is CC(NC(=O)C1Cc2ccccc2CN1)c1ccccn1. The standard InChI is InChI=1S/C17H19N3O/c1-12(15-8-4-5-9-18-15)20-17(21)16-10-13-6-2-3-7-14(13)11-19-16/h2-9,12,16,19H,10-11H2,1H3,(H,20,21). The van der Waals surface area contributed by atoms with Gasteiger partial charge in [-0.25, -0.2) is 0 Å². The highest BCUT2D eigenvalue weighted by Gasteiger charge is 2.25. The van der Waals surface area contributed by atoms with E-state index in [1.165, 1.54) is 11.1 Å². The van der Waals surface area contributed by atoms with Crippen LogP contribution in [0.2, 0.25) is 0 Å². The number of benzene rings is 1. The maximum absolute atomic E-state index is 12.4. The van der Waals surface area contributed by atoms with Crippen molar-refractivity contribution in [1.29, 1.82) is 0 Å². The summed E-state index contributed by atoms with van der Waals surface area (Å²) >= 11 is 0. The number of fused-ring (bicyclic) bond motifs is 1. The summed E-state index contributed by atoms with van der Waals surface area (Å²) in [5, 5.41) is 6.33. The van der Waals surface area contributed by atoms with Gasteiger partial charge in [-0.15, -0.1) is 0 Å². The fraction of sp³-hybridized carbons (Fsp3) is 0.294. The van der Waals surface area contributed by atoms with Crippen LogP contribution < -0.4 is 10.6 Å². The molecule has 1 aliphatic heterocycles. The smallest absolute Gasteiger partial charge is 0.238 e. The first kappa shape index (κ1) is 13.8. The van der Waals surface area contributed by atoms with Gasteiger partial charge in [-0.1, -0.05) is 30.3 Å². The number of nitrogens with one attached hydrogen (secondary N) is 2. The number of carbonyl (C=O) groups is 1. The molecule has 2 heterocycles. The van der Waals surface area contributed by atoms with E-state index in [9.17, 15) is 4.79 Å². The first-order valence-electron chi connectivity index (χ1n) is 7.25. The summed E-state index contributed by atoms with van der Waals surface area (Å²) in [5.41, 5.74) is 3.41. The van der Waals surface area contributed by atoms with Crippen molar-refractivity contribution in [3.05, 3.63) is 65.5 Å². The van der Waals surface area contributed by atoms with Crippen LogP contribution in [0.5, 0.6) is 0 Å². The third-order valence-corrected chi connectivity index (χ3v) is 3.89. The van der Waals surface area contributed by atoms with Crippen LogP contribution in [0.25, 0.3) is 0 Å². The van der Waals surface area contributed by atoms with Gasteiger partial charge in [-0.05, 0) is 36.6 Å². The van der Waals surface area contributed by atoms with Crippen molar-refractivity contribution >= 4 is 5.91 Å². The molecule has 0 saturated heterocycles. The van der Waals surface area contributed by atoms with E-state index in [4.69, 9.17) is 0 Å². The number of carbonyl (C=O) groups excluding carboxylic acids is 1. The second kappa shape index (κ2) is 6.06. The van der Waals surface area contributed by atoms with E-state index in [0.717, 1.165) is 18.7 Å². The molecule has 1 aliphatic rings. The van der Waals surface area contributed by atoms with E-state index in [1.807, 2.05) is 37.3 Å². The van der Waals surface area contributed by atoms with Crippen LogP contribution in [0, 0.1) is 0 Å². The summed E-state index contributed by atoms with van der Waals surface area (Å²) in [5.74, 6) is 0.0302. The Hall–Kier alpha value is -2.20. The molecule has 21 heavy (non-hydrogen) atoms. The Labute approximate surface area is 124 Å². The Morgan fingerprint density at radius 3 is 2.76 bits per heavy atom. The van der Waals surface area contributed by atoms with Crippen LogP contribution >= 0.6 is 0 Å². The number of pyridine rings is 1. The van der Waals surface area contributed by atoms with Gasteiger partial charge in [-0.3, -0.25) is 9.78 Å². The highest BCUT2D eigenvalue weighted by atomic mass is 16.2. The number of nitrogens with zero attached hydrogens (tertiary/aromatic N) is 1. The normalized spacial score (nSPS) is 18.6. The number of amides is 1. The minimum Gasteiger partial charge on any atom is -0.347 e. The predicted octanol–water partition coefficient (Wildman–Crippen LogP) is 1.97. The molecule has 1 aromatic heterocycles. The first-order chi connectivity index (χ1) is 10.2. The highest BCUT2D eigenvalue weighted by molar-refractivity contribution is 5.82. The molecule has 1 aromatic carbocycles. The van der Waals surface area contributed by atoms with Gasteiger partial charge in [0.25, 0.3) is 0 Å². The van der Waals surface area contributed by atoms with Crippen LogP contribution in [0.1, 0.15) is 29.8 Å². The van der Waals surface area contributed by atoms with Crippen LogP contribution in [0.15, 0.2) is 48.7 Å². The minimum atomic E-state index is -0.175. The average Bonchev–Trinajstić information content (AvgIpc) is 2.55. The lowest BCUT2D eigenvalue weighted by atomic mass is 9.95. The Morgan fingerprint density at radius 2 is 2.00 bits per heavy atom. The molecular formula is C17H19N3O. The molecule has 1 amide bonds. The van der Waals surface area contributed by atoms with Gasteiger partial charge >= 0.3 is 0 Å². The van der Waals surface area contributed by atoms with E-state index < -0.39 is 0 Å². The maximum Gasteiger partial charge on any atom is 0.238 e. The quantitative estimate of drug-likeness (QED) is 0.904. The molecule has 4 nitrogen and oxygen atoms in total. The first-order valence-corrected chi connectivity index (χ1v) is 7.25. The molecule has 0 bridgehead atoms. The van der Waals surface area contributed by atoms with E-state index >= 15 is 0 Å². The predicted molar refractivity (Wildman–Crippen MR) is 81.6 cm³/mol. The van der Waals surface area contributed by atoms with Crippen molar-refractivity contribution in [2.75, 3.05) is 0 Å². The summed E-state index contributed by atoms with van der Waals surface area (Å²) in [6, 6.07) is 13.7. The molecule has 2 aromatic rings. The van der Waals surface area contributed by atoms with Crippen LogP contribution in [0.3, 0.4) is 0 Å². The van der Waals surface area contributed by atoms with Gasteiger partial charge in [0.2, 0.25) is 5.91 Å². The van der Waals surface area contributed by atoms with Gasteiger partial charge in [0, 0.05) is 12.7 Å². The molecule has 2 unspecified atom stereocenters. The van der Waals surface area contributed by atoms with E-state index in [2.05, 4.69) is 27.8 Å². The van der Waals surface area contributed by atoms with Crippen LogP contribution in [0.4, 0.5) is 0 Å². The lowest BCUT2D eigenvalue weighted by Gasteiger charge is -2.26. The highest BCUT2D eigenvalue weighted by Crippen LogP contribution is 2.17. The zero-order valence-corrected chi connectivity index (χ0v) is 12.0. The van der Waals surface area contributed by atoms with Crippen molar-refractivity contribution in [1.82, 2.24) is 15.6 Å². The average molecular weight is 281 g/mol. The maximum atomic E-state index is 12.4. The van der Waals surface area contributed by atoms with Crippen molar-refractivity contribution in [2.24, 2.45) is 0 Å². The topological polar surface area (TPSA) is 54.0 Å². The number of aromatic nitrogens is 1. The third kappa shape index (κ3) is 3.11.